The van der Waals surface area contributed by atoms with Crippen molar-refractivity contribution in [2.45, 2.75) is 13.8 Å². The number of rotatable bonds is 5. The first-order valence-corrected chi connectivity index (χ1v) is 11.1. The Labute approximate surface area is 203 Å². The summed E-state index contributed by atoms with van der Waals surface area (Å²) in [5.74, 6) is -0.578. The van der Waals surface area contributed by atoms with Gasteiger partial charge in [0.25, 0.3) is 0 Å². The average molecular weight is 482 g/mol. The van der Waals surface area contributed by atoms with E-state index >= 15 is 4.39 Å². The quantitative estimate of drug-likeness (QED) is 0.316. The second-order valence-electron chi connectivity index (χ2n) is 8.57. The number of anilines is 1. The molecule has 0 fully saturated rings. The van der Waals surface area contributed by atoms with Crippen molar-refractivity contribution >= 4 is 33.5 Å². The van der Waals surface area contributed by atoms with Crippen LogP contribution >= 0.6 is 0 Å². The molecule has 6 aromatic rings. The highest BCUT2D eigenvalue weighted by molar-refractivity contribution is 5.98. The van der Waals surface area contributed by atoms with Crippen LogP contribution in [0, 0.1) is 11.7 Å². The number of fused-ring (bicyclic) bond motifs is 2. The van der Waals surface area contributed by atoms with Crippen molar-refractivity contribution < 1.29 is 13.6 Å². The van der Waals surface area contributed by atoms with E-state index in [1.165, 1.54) is 18.6 Å². The van der Waals surface area contributed by atoms with E-state index in [4.69, 9.17) is 9.40 Å². The molecule has 0 bridgehead atoms. The van der Waals surface area contributed by atoms with Crippen molar-refractivity contribution in [3.05, 3.63) is 61.5 Å². The maximum Gasteiger partial charge on any atom is 0.226 e. The van der Waals surface area contributed by atoms with Gasteiger partial charge in [-0.1, -0.05) is 13.8 Å². The van der Waals surface area contributed by atoms with Crippen molar-refractivity contribution in [1.82, 2.24) is 35.1 Å². The minimum Gasteiger partial charge on any atom is -0.472 e. The Morgan fingerprint density at radius 1 is 1.06 bits per heavy atom. The van der Waals surface area contributed by atoms with E-state index in [2.05, 4.69) is 35.5 Å². The molecule has 1 amide bonds. The zero-order valence-corrected chi connectivity index (χ0v) is 19.2. The molecule has 6 rings (SSSR count). The number of aromatic nitrogens is 7. The highest BCUT2D eigenvalue weighted by Gasteiger charge is 2.22. The van der Waals surface area contributed by atoms with Gasteiger partial charge in [0.1, 0.15) is 16.9 Å². The molecular formula is C25H19FN8O2. The van der Waals surface area contributed by atoms with Crippen LogP contribution in [0.15, 0.2) is 60.1 Å². The molecule has 36 heavy (non-hydrogen) atoms. The molecule has 0 radical (unpaired) electrons. The Morgan fingerprint density at radius 2 is 1.92 bits per heavy atom. The molecule has 6 aromatic heterocycles. The van der Waals surface area contributed by atoms with E-state index in [-0.39, 0.29) is 22.9 Å². The lowest BCUT2D eigenvalue weighted by Crippen LogP contribution is -2.17. The van der Waals surface area contributed by atoms with E-state index in [9.17, 15) is 4.79 Å². The SMILES string of the molecule is CC(C)C(=O)Nc1cncc(-c2ncc3[nH]nc(-c4nc5c(-c6ccoc6)cncc5[nH]4)c3c2F)c1. The Morgan fingerprint density at radius 3 is 2.72 bits per heavy atom. The highest BCUT2D eigenvalue weighted by atomic mass is 19.1. The standard InChI is InChI=1S/C25H19FN8O2/c1-12(2)25(35)30-15-5-14(6-27-7-15)21-20(26)19-17(10-29-21)33-34-23(19)24-31-18-9-28-8-16(22(18)32-24)13-3-4-36-11-13/h3-12H,1-2H3,(H,30,35)(H,31,32)(H,33,34). The van der Waals surface area contributed by atoms with Crippen LogP contribution in [0.5, 0.6) is 0 Å². The molecule has 0 aliphatic carbocycles. The predicted molar refractivity (Wildman–Crippen MR) is 131 cm³/mol. The third-order valence-corrected chi connectivity index (χ3v) is 5.80. The fraction of sp³-hybridized carbons (Fsp3) is 0.120. The summed E-state index contributed by atoms with van der Waals surface area (Å²) in [5.41, 5.74) is 4.60. The van der Waals surface area contributed by atoms with E-state index in [0.717, 1.165) is 11.1 Å². The Bertz CT molecular complexity index is 1740. The summed E-state index contributed by atoms with van der Waals surface area (Å²) in [6.07, 6.45) is 11.0. The van der Waals surface area contributed by atoms with Gasteiger partial charge in [-0.05, 0) is 12.1 Å². The van der Waals surface area contributed by atoms with Crippen LogP contribution < -0.4 is 5.32 Å². The van der Waals surface area contributed by atoms with Crippen molar-refractivity contribution in [2.24, 2.45) is 5.92 Å². The summed E-state index contributed by atoms with van der Waals surface area (Å²) >= 11 is 0. The van der Waals surface area contributed by atoms with Gasteiger partial charge in [-0.15, -0.1) is 0 Å². The number of hydrogen-bond acceptors (Lipinski definition) is 7. The maximum absolute atomic E-state index is 15.9. The summed E-state index contributed by atoms with van der Waals surface area (Å²) in [4.78, 5) is 32.7. The molecule has 0 unspecified atom stereocenters. The number of halogens is 1. The molecule has 0 atom stereocenters. The molecule has 178 valence electrons. The Balaban J connectivity index is 1.46. The van der Waals surface area contributed by atoms with Crippen LogP contribution in [0.4, 0.5) is 10.1 Å². The Hall–Kier alpha value is -4.93. The van der Waals surface area contributed by atoms with Crippen molar-refractivity contribution in [1.29, 1.82) is 0 Å². The highest BCUT2D eigenvalue weighted by Crippen LogP contribution is 2.34. The lowest BCUT2D eigenvalue weighted by atomic mass is 10.1. The van der Waals surface area contributed by atoms with Gasteiger partial charge < -0.3 is 14.7 Å². The van der Waals surface area contributed by atoms with Gasteiger partial charge >= 0.3 is 0 Å². The average Bonchev–Trinajstić information content (AvgIpc) is 3.63. The summed E-state index contributed by atoms with van der Waals surface area (Å²) in [6.45, 7) is 3.57. The summed E-state index contributed by atoms with van der Waals surface area (Å²) in [6, 6.07) is 3.45. The van der Waals surface area contributed by atoms with Crippen LogP contribution in [0.2, 0.25) is 0 Å². The fourth-order valence-electron chi connectivity index (χ4n) is 3.95. The van der Waals surface area contributed by atoms with E-state index in [1.807, 2.05) is 6.07 Å². The van der Waals surface area contributed by atoms with Crippen molar-refractivity contribution in [2.75, 3.05) is 5.32 Å². The largest absolute Gasteiger partial charge is 0.472 e. The van der Waals surface area contributed by atoms with Gasteiger partial charge in [-0.3, -0.25) is 24.8 Å². The van der Waals surface area contributed by atoms with E-state index < -0.39 is 5.82 Å². The molecule has 0 aliphatic heterocycles. The lowest BCUT2D eigenvalue weighted by Gasteiger charge is -2.09. The van der Waals surface area contributed by atoms with Crippen molar-refractivity contribution in [3.63, 3.8) is 0 Å². The van der Waals surface area contributed by atoms with Crippen LogP contribution in [0.3, 0.4) is 0 Å². The first-order valence-electron chi connectivity index (χ1n) is 11.1. The number of carbonyl (C=O) groups excluding carboxylic acids is 1. The van der Waals surface area contributed by atoms with Crippen molar-refractivity contribution in [3.8, 4) is 33.9 Å². The first-order chi connectivity index (χ1) is 17.5. The number of nitrogens with zero attached hydrogens (tertiary/aromatic N) is 5. The number of hydrogen-bond donors (Lipinski definition) is 3. The molecule has 10 nitrogen and oxygen atoms in total. The molecule has 0 saturated carbocycles. The number of aromatic amines is 2. The van der Waals surface area contributed by atoms with Gasteiger partial charge in [0, 0.05) is 35.0 Å². The minimum absolute atomic E-state index is 0.0789. The van der Waals surface area contributed by atoms with E-state index in [1.54, 1.807) is 44.8 Å². The van der Waals surface area contributed by atoms with Crippen LogP contribution in [0.25, 0.3) is 55.8 Å². The van der Waals surface area contributed by atoms with Gasteiger partial charge in [0.15, 0.2) is 11.6 Å². The molecule has 6 heterocycles. The number of imidazole rings is 1. The topological polar surface area (TPSA) is 138 Å². The molecule has 0 spiro atoms. The normalized spacial score (nSPS) is 11.6. The number of pyridine rings is 3. The summed E-state index contributed by atoms with van der Waals surface area (Å²) in [5, 5.41) is 10.1. The fourth-order valence-corrected chi connectivity index (χ4v) is 3.95. The van der Waals surface area contributed by atoms with Crippen LogP contribution in [0.1, 0.15) is 13.8 Å². The molecule has 11 heteroatoms. The lowest BCUT2D eigenvalue weighted by molar-refractivity contribution is -0.118. The first kappa shape index (κ1) is 21.6. The molecule has 3 N–H and O–H groups in total. The molecular weight excluding hydrogens is 463 g/mol. The van der Waals surface area contributed by atoms with Gasteiger partial charge in [0.2, 0.25) is 5.91 Å². The number of carbonyl (C=O) groups is 1. The Kier molecular flexibility index (Phi) is 5.03. The van der Waals surface area contributed by atoms with E-state index in [0.29, 0.717) is 39.3 Å². The zero-order chi connectivity index (χ0) is 24.8. The smallest absolute Gasteiger partial charge is 0.226 e. The molecule has 0 aromatic carbocycles. The van der Waals surface area contributed by atoms with Crippen LogP contribution in [-0.4, -0.2) is 41.0 Å². The van der Waals surface area contributed by atoms with Gasteiger partial charge in [-0.2, -0.15) is 5.10 Å². The number of H-pyrrole nitrogens is 2. The summed E-state index contributed by atoms with van der Waals surface area (Å²) < 4.78 is 21.1. The maximum atomic E-state index is 15.9. The van der Waals surface area contributed by atoms with Crippen LogP contribution in [-0.2, 0) is 4.79 Å². The second kappa shape index (κ2) is 8.38. The second-order valence-corrected chi connectivity index (χ2v) is 8.57. The molecule has 0 aliphatic rings. The molecule has 0 saturated heterocycles. The van der Waals surface area contributed by atoms with Gasteiger partial charge in [-0.25, -0.2) is 9.37 Å². The summed E-state index contributed by atoms with van der Waals surface area (Å²) in [7, 11) is 0. The predicted octanol–water partition coefficient (Wildman–Crippen LogP) is 4.95. The number of nitrogens with one attached hydrogen (secondary N) is 3. The third kappa shape index (κ3) is 3.57. The van der Waals surface area contributed by atoms with Gasteiger partial charge in [0.05, 0.1) is 53.2 Å². The number of furan rings is 1. The zero-order valence-electron chi connectivity index (χ0n) is 19.2. The minimum atomic E-state index is -0.584. The third-order valence-electron chi connectivity index (χ3n) is 5.80. The number of amides is 1. The monoisotopic (exact) mass is 482 g/mol.